The van der Waals surface area contributed by atoms with Crippen molar-refractivity contribution in [1.29, 1.82) is 0 Å². The normalized spacial score (nSPS) is 20.7. The second-order valence-corrected chi connectivity index (χ2v) is 8.07. The number of rotatable bonds is 5. The third-order valence-electron chi connectivity index (χ3n) is 6.40. The van der Waals surface area contributed by atoms with Crippen LogP contribution in [0.2, 0.25) is 0 Å². The van der Waals surface area contributed by atoms with Gasteiger partial charge in [-0.15, -0.1) is 0 Å². The van der Waals surface area contributed by atoms with Crippen LogP contribution in [-0.4, -0.2) is 60.4 Å². The summed E-state index contributed by atoms with van der Waals surface area (Å²) in [7, 11) is 2.20. The molecule has 2 fully saturated rings. The summed E-state index contributed by atoms with van der Waals surface area (Å²) in [6.45, 7) is 6.67. The van der Waals surface area contributed by atoms with Gasteiger partial charge in [-0.2, -0.15) is 0 Å². The van der Waals surface area contributed by atoms with Gasteiger partial charge in [-0.1, -0.05) is 37.5 Å². The van der Waals surface area contributed by atoms with E-state index in [4.69, 9.17) is 0 Å². The number of aldehydes is 1. The summed E-state index contributed by atoms with van der Waals surface area (Å²) in [6, 6.07) is 8.48. The Labute approximate surface area is 156 Å². The maximum atomic E-state index is 12.0. The lowest BCUT2D eigenvalue weighted by molar-refractivity contribution is 0.112. The molecule has 1 aliphatic carbocycles. The first kappa shape index (κ1) is 17.7. The fraction of sp³-hybridized carbons (Fsp3) is 0.591. The summed E-state index contributed by atoms with van der Waals surface area (Å²) in [4.78, 5) is 17.0. The lowest BCUT2D eigenvalue weighted by Crippen LogP contribution is -2.45. The number of likely N-dealkylation sites (N-methyl/N-ethyl adjacent to an activating group) is 1. The second kappa shape index (κ2) is 7.93. The first-order chi connectivity index (χ1) is 12.8. The molecule has 1 aromatic heterocycles. The van der Waals surface area contributed by atoms with E-state index in [-0.39, 0.29) is 0 Å². The van der Waals surface area contributed by atoms with Crippen LogP contribution in [0, 0.1) is 0 Å². The molecule has 0 N–H and O–H groups in total. The molecule has 4 rings (SSSR count). The van der Waals surface area contributed by atoms with Gasteiger partial charge in [-0.05, 0) is 31.9 Å². The van der Waals surface area contributed by atoms with Crippen molar-refractivity contribution >= 4 is 17.2 Å². The van der Waals surface area contributed by atoms with Crippen LogP contribution in [0.15, 0.2) is 24.3 Å². The van der Waals surface area contributed by atoms with E-state index in [2.05, 4.69) is 45.7 Å². The van der Waals surface area contributed by atoms with Crippen molar-refractivity contribution in [3.05, 3.63) is 35.5 Å². The Kier molecular flexibility index (Phi) is 5.41. The topological polar surface area (TPSA) is 28.5 Å². The number of hydrogen-bond acceptors (Lipinski definition) is 3. The fourth-order valence-corrected chi connectivity index (χ4v) is 4.84. The van der Waals surface area contributed by atoms with Gasteiger partial charge in [0.05, 0.1) is 0 Å². The quantitative estimate of drug-likeness (QED) is 0.767. The number of nitrogens with zero attached hydrogens (tertiary/aromatic N) is 3. The number of benzene rings is 1. The number of hydrogen-bond donors (Lipinski definition) is 0. The van der Waals surface area contributed by atoms with Crippen molar-refractivity contribution < 1.29 is 4.79 Å². The predicted octanol–water partition coefficient (Wildman–Crippen LogP) is 3.75. The summed E-state index contributed by atoms with van der Waals surface area (Å²) >= 11 is 0. The van der Waals surface area contributed by atoms with E-state index in [0.717, 1.165) is 56.5 Å². The van der Waals surface area contributed by atoms with Crippen LogP contribution in [0.3, 0.4) is 0 Å². The zero-order valence-electron chi connectivity index (χ0n) is 16.0. The molecule has 4 heteroatoms. The smallest absolute Gasteiger partial charge is 0.152 e. The molecule has 1 aromatic carbocycles. The standard InChI is InChI=1S/C22H31N3O/c1-23-11-13-24(14-12-23)15-16-25-21-10-6-5-9-19(21)20(17-26)22(25)18-7-3-2-4-8-18/h5-6,9-10,17-18H,2-4,7-8,11-16H2,1H3. The van der Waals surface area contributed by atoms with Gasteiger partial charge >= 0.3 is 0 Å². The number of carbonyl (C=O) groups is 1. The highest BCUT2D eigenvalue weighted by atomic mass is 16.1. The van der Waals surface area contributed by atoms with Gasteiger partial charge in [0.1, 0.15) is 0 Å². The fourth-order valence-electron chi connectivity index (χ4n) is 4.84. The SMILES string of the molecule is CN1CCN(CCn2c(C3CCCCC3)c(C=O)c3ccccc32)CC1. The molecule has 0 atom stereocenters. The zero-order chi connectivity index (χ0) is 17.9. The molecule has 0 amide bonds. The number of aromatic nitrogens is 1. The second-order valence-electron chi connectivity index (χ2n) is 8.07. The van der Waals surface area contributed by atoms with Gasteiger partial charge in [-0.25, -0.2) is 0 Å². The Morgan fingerprint density at radius 1 is 1.00 bits per heavy atom. The molecule has 140 valence electrons. The molecule has 26 heavy (non-hydrogen) atoms. The van der Waals surface area contributed by atoms with Crippen LogP contribution in [0.1, 0.15) is 54.1 Å². The van der Waals surface area contributed by atoms with E-state index in [9.17, 15) is 4.79 Å². The maximum Gasteiger partial charge on any atom is 0.152 e. The van der Waals surface area contributed by atoms with Gasteiger partial charge in [0, 0.05) is 61.4 Å². The minimum Gasteiger partial charge on any atom is -0.342 e. The molecule has 1 aliphatic heterocycles. The average molecular weight is 354 g/mol. The number of fused-ring (bicyclic) bond motifs is 1. The summed E-state index contributed by atoms with van der Waals surface area (Å²) in [5, 5.41) is 1.14. The lowest BCUT2D eigenvalue weighted by Gasteiger charge is -2.33. The molecule has 0 bridgehead atoms. The van der Waals surface area contributed by atoms with E-state index in [1.807, 2.05) is 0 Å². The molecule has 0 unspecified atom stereocenters. The van der Waals surface area contributed by atoms with E-state index < -0.39 is 0 Å². The first-order valence-corrected chi connectivity index (χ1v) is 10.2. The Bertz CT molecular complexity index is 752. The van der Waals surface area contributed by atoms with E-state index in [0.29, 0.717) is 5.92 Å². The average Bonchev–Trinajstić information content (AvgIpc) is 3.02. The highest BCUT2D eigenvalue weighted by Gasteiger charge is 2.26. The Balaban J connectivity index is 1.66. The molecule has 0 radical (unpaired) electrons. The van der Waals surface area contributed by atoms with E-state index >= 15 is 0 Å². The summed E-state index contributed by atoms with van der Waals surface area (Å²) < 4.78 is 2.48. The molecular weight excluding hydrogens is 322 g/mol. The first-order valence-electron chi connectivity index (χ1n) is 10.2. The molecule has 1 saturated heterocycles. The highest BCUT2D eigenvalue weighted by Crippen LogP contribution is 2.38. The molecule has 2 heterocycles. The zero-order valence-corrected chi connectivity index (χ0v) is 16.0. The lowest BCUT2D eigenvalue weighted by atomic mass is 9.85. The highest BCUT2D eigenvalue weighted by molar-refractivity contribution is 5.99. The largest absolute Gasteiger partial charge is 0.342 e. The van der Waals surface area contributed by atoms with Crippen LogP contribution < -0.4 is 0 Å². The van der Waals surface area contributed by atoms with Crippen molar-refractivity contribution in [3.63, 3.8) is 0 Å². The van der Waals surface area contributed by atoms with Crippen LogP contribution in [-0.2, 0) is 6.54 Å². The van der Waals surface area contributed by atoms with Crippen LogP contribution in [0.5, 0.6) is 0 Å². The molecule has 1 saturated carbocycles. The minimum absolute atomic E-state index is 0.545. The van der Waals surface area contributed by atoms with Gasteiger partial charge < -0.3 is 9.47 Å². The van der Waals surface area contributed by atoms with Crippen LogP contribution in [0.25, 0.3) is 10.9 Å². The van der Waals surface area contributed by atoms with Crippen molar-refractivity contribution in [1.82, 2.24) is 14.4 Å². The van der Waals surface area contributed by atoms with Crippen molar-refractivity contribution in [2.75, 3.05) is 39.8 Å². The minimum atomic E-state index is 0.545. The van der Waals surface area contributed by atoms with Gasteiger partial charge in [-0.3, -0.25) is 9.69 Å². The maximum absolute atomic E-state index is 12.0. The summed E-state index contributed by atoms with van der Waals surface area (Å²) in [6.07, 6.45) is 7.50. The summed E-state index contributed by atoms with van der Waals surface area (Å²) in [5.74, 6) is 0.545. The van der Waals surface area contributed by atoms with Crippen LogP contribution >= 0.6 is 0 Å². The summed E-state index contributed by atoms with van der Waals surface area (Å²) in [5.41, 5.74) is 3.50. The predicted molar refractivity (Wildman–Crippen MR) is 107 cm³/mol. The van der Waals surface area contributed by atoms with Crippen molar-refractivity contribution in [2.24, 2.45) is 0 Å². The van der Waals surface area contributed by atoms with Gasteiger partial charge in [0.15, 0.2) is 6.29 Å². The van der Waals surface area contributed by atoms with Crippen LogP contribution in [0.4, 0.5) is 0 Å². The third-order valence-corrected chi connectivity index (χ3v) is 6.40. The van der Waals surface area contributed by atoms with Crippen molar-refractivity contribution in [3.8, 4) is 0 Å². The Hall–Kier alpha value is -1.65. The molecule has 2 aromatic rings. The molecule has 0 spiro atoms. The number of para-hydroxylation sites is 1. The van der Waals surface area contributed by atoms with E-state index in [1.54, 1.807) is 0 Å². The molecular formula is C22H31N3O. The van der Waals surface area contributed by atoms with Crippen molar-refractivity contribution in [2.45, 2.75) is 44.6 Å². The number of piperazine rings is 1. The Morgan fingerprint density at radius 3 is 2.46 bits per heavy atom. The van der Waals surface area contributed by atoms with E-state index in [1.165, 1.54) is 43.3 Å². The molecule has 2 aliphatic rings. The molecule has 4 nitrogen and oxygen atoms in total. The number of carbonyl (C=O) groups excluding carboxylic acids is 1. The monoisotopic (exact) mass is 353 g/mol. The van der Waals surface area contributed by atoms with Gasteiger partial charge in [0.2, 0.25) is 0 Å². The Morgan fingerprint density at radius 2 is 1.73 bits per heavy atom. The van der Waals surface area contributed by atoms with Gasteiger partial charge in [0.25, 0.3) is 0 Å². The third kappa shape index (κ3) is 3.45.